The molecule has 0 radical (unpaired) electrons. The highest BCUT2D eigenvalue weighted by Crippen LogP contribution is 2.42. The Balaban J connectivity index is 1.40. The van der Waals surface area contributed by atoms with E-state index in [2.05, 4.69) is 37.5 Å². The summed E-state index contributed by atoms with van der Waals surface area (Å²) in [6, 6.07) is 7.96. The van der Waals surface area contributed by atoms with E-state index >= 15 is 0 Å². The molecule has 4 N–H and O–H groups in total. The highest BCUT2D eigenvalue weighted by molar-refractivity contribution is 7.88. The van der Waals surface area contributed by atoms with Crippen LogP contribution < -0.4 is 15.4 Å². The van der Waals surface area contributed by atoms with Crippen molar-refractivity contribution in [1.82, 2.24) is 14.7 Å². The van der Waals surface area contributed by atoms with Gasteiger partial charge in [0.15, 0.2) is 0 Å². The van der Waals surface area contributed by atoms with Gasteiger partial charge in [-0.25, -0.2) is 18.1 Å². The van der Waals surface area contributed by atoms with Gasteiger partial charge in [0.05, 0.1) is 18.1 Å². The van der Waals surface area contributed by atoms with E-state index in [1.54, 1.807) is 0 Å². The van der Waals surface area contributed by atoms with E-state index in [4.69, 9.17) is 0 Å². The summed E-state index contributed by atoms with van der Waals surface area (Å²) >= 11 is 0. The molecular formula is C24H30N6O3S. The van der Waals surface area contributed by atoms with Gasteiger partial charge < -0.3 is 15.7 Å². The van der Waals surface area contributed by atoms with Crippen LogP contribution in [0.3, 0.4) is 0 Å². The molecule has 1 heterocycles. The van der Waals surface area contributed by atoms with Crippen molar-refractivity contribution in [3.8, 4) is 6.07 Å². The molecule has 1 aromatic carbocycles. The van der Waals surface area contributed by atoms with E-state index in [9.17, 15) is 18.8 Å². The van der Waals surface area contributed by atoms with E-state index in [0.717, 1.165) is 29.5 Å². The van der Waals surface area contributed by atoms with Gasteiger partial charge in [-0.15, -0.1) is 0 Å². The van der Waals surface area contributed by atoms with Gasteiger partial charge in [-0.3, -0.25) is 0 Å². The van der Waals surface area contributed by atoms with Crippen LogP contribution in [-0.4, -0.2) is 49.2 Å². The molecule has 34 heavy (non-hydrogen) atoms. The number of rotatable bonds is 9. The number of aliphatic hydroxyl groups is 1. The minimum atomic E-state index is -3.33. The van der Waals surface area contributed by atoms with Crippen LogP contribution in [0.25, 0.3) is 5.57 Å². The van der Waals surface area contributed by atoms with Crippen LogP contribution in [0.15, 0.2) is 30.5 Å². The first-order valence-corrected chi connectivity index (χ1v) is 13.0. The number of nitriles is 1. The first kappa shape index (κ1) is 24.1. The zero-order valence-electron chi connectivity index (χ0n) is 19.6. The molecule has 4 rings (SSSR count). The van der Waals surface area contributed by atoms with Crippen LogP contribution in [0, 0.1) is 16.7 Å². The first-order valence-electron chi connectivity index (χ1n) is 11.3. The molecule has 1 saturated carbocycles. The molecule has 0 amide bonds. The van der Waals surface area contributed by atoms with Gasteiger partial charge in [-0.1, -0.05) is 38.1 Å². The Kier molecular flexibility index (Phi) is 6.62. The van der Waals surface area contributed by atoms with Gasteiger partial charge in [0.25, 0.3) is 0 Å². The Morgan fingerprint density at radius 1 is 1.32 bits per heavy atom. The quantitative estimate of drug-likeness (QED) is 0.427. The Bertz CT molecular complexity index is 1270. The summed E-state index contributed by atoms with van der Waals surface area (Å²) in [5, 5.41) is 25.9. The lowest BCUT2D eigenvalue weighted by molar-refractivity contribution is -0.0511. The lowest BCUT2D eigenvalue weighted by atomic mass is 9.64. The second kappa shape index (κ2) is 9.33. The van der Waals surface area contributed by atoms with Gasteiger partial charge in [0, 0.05) is 18.0 Å². The molecule has 0 unspecified atom stereocenters. The maximum absolute atomic E-state index is 11.9. The standard InChI is InChI=1S/C24H30N6O3S/c1-24(2)20(11-21(24)31)29-22-18(12-25)13-28-23(30-22)27-9-8-17-7-6-16-5-4-15(10-19(16)17)14-34(32,33)26-3/h4-5,7,10,13,20-21,26,31H,6,8-9,11,14H2,1-3H3,(H2,27,28,29,30)/t20-,21+/m1/s1. The topological polar surface area (TPSA) is 140 Å². The van der Waals surface area contributed by atoms with Crippen molar-refractivity contribution < 1.29 is 13.5 Å². The number of fused-ring (bicyclic) bond motifs is 1. The fourth-order valence-electron chi connectivity index (χ4n) is 4.34. The van der Waals surface area contributed by atoms with E-state index in [-0.39, 0.29) is 23.3 Å². The predicted octanol–water partition coefficient (Wildman–Crippen LogP) is 2.41. The molecule has 10 heteroatoms. The number of hydrogen-bond donors (Lipinski definition) is 4. The average Bonchev–Trinajstić information content (AvgIpc) is 3.21. The molecule has 0 bridgehead atoms. The number of aliphatic hydroxyl groups excluding tert-OH is 1. The summed E-state index contributed by atoms with van der Waals surface area (Å²) in [4.78, 5) is 8.76. The molecule has 0 spiro atoms. The monoisotopic (exact) mass is 482 g/mol. The Morgan fingerprint density at radius 2 is 2.12 bits per heavy atom. The predicted molar refractivity (Wildman–Crippen MR) is 131 cm³/mol. The van der Waals surface area contributed by atoms with Crippen molar-refractivity contribution in [3.63, 3.8) is 0 Å². The summed E-state index contributed by atoms with van der Waals surface area (Å²) < 4.78 is 26.2. The van der Waals surface area contributed by atoms with Gasteiger partial charge >= 0.3 is 0 Å². The zero-order valence-corrected chi connectivity index (χ0v) is 20.4. The highest BCUT2D eigenvalue weighted by Gasteiger charge is 2.47. The van der Waals surface area contributed by atoms with Crippen LogP contribution in [0.2, 0.25) is 0 Å². The third-order valence-corrected chi connectivity index (χ3v) is 8.21. The molecule has 180 valence electrons. The van der Waals surface area contributed by atoms with Crippen molar-refractivity contribution in [2.24, 2.45) is 5.41 Å². The van der Waals surface area contributed by atoms with Crippen LogP contribution in [0.1, 0.15) is 48.9 Å². The molecule has 2 aliphatic rings. The Morgan fingerprint density at radius 3 is 2.79 bits per heavy atom. The molecule has 0 aliphatic heterocycles. The SMILES string of the molecule is CNS(=O)(=O)Cc1ccc2c(c1)C(CCNc1ncc(C#N)c(N[C@@H]3C[C@H](O)C3(C)C)n1)=CC2. The normalized spacial score (nSPS) is 20.6. The molecule has 0 saturated heterocycles. The van der Waals surface area contributed by atoms with Gasteiger partial charge in [0.1, 0.15) is 17.5 Å². The minimum absolute atomic E-state index is 0.0263. The number of hydrogen-bond acceptors (Lipinski definition) is 8. The van der Waals surface area contributed by atoms with Crippen LogP contribution in [-0.2, 0) is 22.2 Å². The second-order valence-electron chi connectivity index (χ2n) is 9.40. The summed E-state index contributed by atoms with van der Waals surface area (Å²) in [5.41, 5.74) is 4.25. The van der Waals surface area contributed by atoms with Crippen LogP contribution in [0.5, 0.6) is 0 Å². The summed E-state index contributed by atoms with van der Waals surface area (Å²) in [6.45, 7) is 4.55. The molecule has 2 aromatic rings. The lowest BCUT2D eigenvalue weighted by Crippen LogP contribution is -2.57. The fraction of sp³-hybridized carbons (Fsp3) is 0.458. The number of nitrogens with one attached hydrogen (secondary N) is 3. The summed E-state index contributed by atoms with van der Waals surface area (Å²) in [6.07, 6.45) is 5.45. The number of allylic oxidation sites excluding steroid dienone is 1. The third-order valence-electron chi connectivity index (χ3n) is 6.87. The smallest absolute Gasteiger partial charge is 0.224 e. The average molecular weight is 483 g/mol. The molecule has 1 aromatic heterocycles. The van der Waals surface area contributed by atoms with Gasteiger partial charge in [0.2, 0.25) is 16.0 Å². The van der Waals surface area contributed by atoms with Crippen LogP contribution in [0.4, 0.5) is 11.8 Å². The molecule has 9 nitrogen and oxygen atoms in total. The van der Waals surface area contributed by atoms with E-state index < -0.39 is 10.0 Å². The van der Waals surface area contributed by atoms with E-state index in [1.807, 2.05) is 32.0 Å². The van der Waals surface area contributed by atoms with Crippen molar-refractivity contribution in [3.05, 3.63) is 52.7 Å². The molecular weight excluding hydrogens is 452 g/mol. The third kappa shape index (κ3) is 4.92. The Hall–Kier alpha value is -3.00. The van der Waals surface area contributed by atoms with Crippen molar-refractivity contribution in [2.45, 2.75) is 51.0 Å². The largest absolute Gasteiger partial charge is 0.392 e. The minimum Gasteiger partial charge on any atom is -0.392 e. The van der Waals surface area contributed by atoms with Crippen molar-refractivity contribution >= 4 is 27.4 Å². The molecule has 2 atom stereocenters. The number of sulfonamides is 1. The first-order chi connectivity index (χ1) is 16.1. The van der Waals surface area contributed by atoms with Crippen molar-refractivity contribution in [1.29, 1.82) is 5.26 Å². The summed E-state index contributed by atoms with van der Waals surface area (Å²) in [7, 11) is -1.91. The Labute approximate surface area is 200 Å². The number of nitrogens with zero attached hydrogens (tertiary/aromatic N) is 3. The number of benzene rings is 1. The fourth-order valence-corrected chi connectivity index (χ4v) is 5.10. The lowest BCUT2D eigenvalue weighted by Gasteiger charge is -2.49. The summed E-state index contributed by atoms with van der Waals surface area (Å²) in [5.74, 6) is 0.837. The second-order valence-corrected chi connectivity index (χ2v) is 11.3. The van der Waals surface area contributed by atoms with Crippen molar-refractivity contribution in [2.75, 3.05) is 24.2 Å². The molecule has 1 fully saturated rings. The van der Waals surface area contributed by atoms with E-state index in [0.29, 0.717) is 30.3 Å². The van der Waals surface area contributed by atoms with Crippen LogP contribution >= 0.6 is 0 Å². The maximum atomic E-state index is 11.9. The maximum Gasteiger partial charge on any atom is 0.224 e. The van der Waals surface area contributed by atoms with Gasteiger partial charge in [-0.2, -0.15) is 10.2 Å². The number of anilines is 2. The molecule has 2 aliphatic carbocycles. The zero-order chi connectivity index (χ0) is 24.5. The van der Waals surface area contributed by atoms with Gasteiger partial charge in [-0.05, 0) is 48.6 Å². The van der Waals surface area contributed by atoms with E-state index in [1.165, 1.54) is 18.8 Å². The highest BCUT2D eigenvalue weighted by atomic mass is 32.2. The number of aromatic nitrogens is 2.